The van der Waals surface area contributed by atoms with Crippen molar-refractivity contribution in [2.75, 3.05) is 31.7 Å². The van der Waals surface area contributed by atoms with Gasteiger partial charge in [-0.1, -0.05) is 6.07 Å². The van der Waals surface area contributed by atoms with Gasteiger partial charge in [-0.15, -0.1) is 0 Å². The third-order valence-corrected chi connectivity index (χ3v) is 3.90. The van der Waals surface area contributed by atoms with Crippen LogP contribution < -0.4 is 21.1 Å². The molecule has 7 nitrogen and oxygen atoms in total. The van der Waals surface area contributed by atoms with Crippen LogP contribution in [0.4, 0.5) is 5.69 Å². The van der Waals surface area contributed by atoms with E-state index in [1.54, 1.807) is 24.3 Å². The maximum atomic E-state index is 12.0. The first kappa shape index (κ1) is 18.2. The SMILES string of the molecule is CC(=O)Nc1cccc(OCCNC(=O)C(N)C2CCOCC2)c1. The molecule has 1 unspecified atom stereocenters. The molecule has 132 valence electrons. The number of amides is 2. The van der Waals surface area contributed by atoms with Crippen LogP contribution in [0.15, 0.2) is 24.3 Å². The number of rotatable bonds is 7. The minimum absolute atomic E-state index is 0.137. The van der Waals surface area contributed by atoms with Crippen LogP contribution in [0.3, 0.4) is 0 Å². The fourth-order valence-corrected chi connectivity index (χ4v) is 2.62. The molecular formula is C17H25N3O4. The van der Waals surface area contributed by atoms with Crippen molar-refractivity contribution < 1.29 is 19.1 Å². The number of ether oxygens (including phenoxy) is 2. The summed E-state index contributed by atoms with van der Waals surface area (Å²) in [4.78, 5) is 23.1. The Morgan fingerprint density at radius 2 is 2.12 bits per heavy atom. The molecule has 0 spiro atoms. The van der Waals surface area contributed by atoms with E-state index < -0.39 is 6.04 Å². The standard InChI is InChI=1S/C17H25N3O4/c1-12(21)20-14-3-2-4-15(11-14)24-10-7-19-17(22)16(18)13-5-8-23-9-6-13/h2-4,11,13,16H,5-10,18H2,1H3,(H,19,22)(H,20,21). The summed E-state index contributed by atoms with van der Waals surface area (Å²) in [7, 11) is 0. The number of anilines is 1. The number of nitrogens with two attached hydrogens (primary N) is 1. The summed E-state index contributed by atoms with van der Waals surface area (Å²) in [6.07, 6.45) is 1.64. The molecule has 0 aliphatic carbocycles. The van der Waals surface area contributed by atoms with Crippen molar-refractivity contribution in [2.45, 2.75) is 25.8 Å². The van der Waals surface area contributed by atoms with Crippen LogP contribution in [0.25, 0.3) is 0 Å². The van der Waals surface area contributed by atoms with Gasteiger partial charge in [-0.05, 0) is 30.9 Å². The van der Waals surface area contributed by atoms with Gasteiger partial charge in [0.25, 0.3) is 0 Å². The van der Waals surface area contributed by atoms with Gasteiger partial charge in [0, 0.05) is 31.9 Å². The molecule has 1 aliphatic heterocycles. The molecule has 2 rings (SSSR count). The molecule has 7 heteroatoms. The van der Waals surface area contributed by atoms with Crippen LogP contribution in [-0.2, 0) is 14.3 Å². The molecule has 0 bridgehead atoms. The quantitative estimate of drug-likeness (QED) is 0.642. The van der Waals surface area contributed by atoms with Gasteiger partial charge in [0.2, 0.25) is 11.8 Å². The Morgan fingerprint density at radius 1 is 1.38 bits per heavy atom. The van der Waals surface area contributed by atoms with Crippen molar-refractivity contribution in [3.63, 3.8) is 0 Å². The monoisotopic (exact) mass is 335 g/mol. The fraction of sp³-hybridized carbons (Fsp3) is 0.529. The highest BCUT2D eigenvalue weighted by Crippen LogP contribution is 2.18. The molecule has 1 aromatic rings. The zero-order valence-corrected chi connectivity index (χ0v) is 13.9. The summed E-state index contributed by atoms with van der Waals surface area (Å²) in [5, 5.41) is 5.49. The maximum absolute atomic E-state index is 12.0. The lowest BCUT2D eigenvalue weighted by Gasteiger charge is -2.26. The second kappa shape index (κ2) is 9.24. The van der Waals surface area contributed by atoms with Gasteiger partial charge in [0.1, 0.15) is 12.4 Å². The highest BCUT2D eigenvalue weighted by Gasteiger charge is 2.26. The molecule has 1 saturated heterocycles. The lowest BCUT2D eigenvalue weighted by Crippen LogP contribution is -2.47. The minimum atomic E-state index is -0.503. The molecule has 1 fully saturated rings. The predicted octanol–water partition coefficient (Wildman–Crippen LogP) is 0.894. The Morgan fingerprint density at radius 3 is 2.83 bits per heavy atom. The Balaban J connectivity index is 1.70. The summed E-state index contributed by atoms with van der Waals surface area (Å²) < 4.78 is 10.9. The van der Waals surface area contributed by atoms with Gasteiger partial charge in [0.05, 0.1) is 12.6 Å². The van der Waals surface area contributed by atoms with Crippen molar-refractivity contribution in [1.82, 2.24) is 5.32 Å². The fourth-order valence-electron chi connectivity index (χ4n) is 2.62. The molecule has 1 heterocycles. The lowest BCUT2D eigenvalue weighted by molar-refractivity contribution is -0.124. The molecule has 1 aromatic carbocycles. The first-order valence-corrected chi connectivity index (χ1v) is 8.18. The molecule has 1 atom stereocenters. The van der Waals surface area contributed by atoms with Gasteiger partial charge in [-0.3, -0.25) is 9.59 Å². The van der Waals surface area contributed by atoms with Crippen LogP contribution in [0.2, 0.25) is 0 Å². The molecule has 0 aromatic heterocycles. The van der Waals surface area contributed by atoms with Crippen molar-refractivity contribution in [3.05, 3.63) is 24.3 Å². The lowest BCUT2D eigenvalue weighted by atomic mass is 9.92. The third-order valence-electron chi connectivity index (χ3n) is 3.90. The van der Waals surface area contributed by atoms with E-state index in [9.17, 15) is 9.59 Å². The van der Waals surface area contributed by atoms with E-state index in [4.69, 9.17) is 15.2 Å². The van der Waals surface area contributed by atoms with Crippen LogP contribution in [0.5, 0.6) is 5.75 Å². The van der Waals surface area contributed by atoms with Crippen LogP contribution in [0, 0.1) is 5.92 Å². The van der Waals surface area contributed by atoms with Crippen molar-refractivity contribution in [1.29, 1.82) is 0 Å². The van der Waals surface area contributed by atoms with E-state index >= 15 is 0 Å². The molecule has 4 N–H and O–H groups in total. The van der Waals surface area contributed by atoms with Crippen molar-refractivity contribution >= 4 is 17.5 Å². The van der Waals surface area contributed by atoms with Gasteiger partial charge in [-0.2, -0.15) is 0 Å². The zero-order valence-electron chi connectivity index (χ0n) is 13.9. The van der Waals surface area contributed by atoms with Gasteiger partial charge in [-0.25, -0.2) is 0 Å². The molecule has 1 aliphatic rings. The molecular weight excluding hydrogens is 310 g/mol. The first-order chi connectivity index (χ1) is 11.6. The van der Waals surface area contributed by atoms with E-state index in [-0.39, 0.29) is 17.7 Å². The Hall–Kier alpha value is -2.12. The Bertz CT molecular complexity index is 559. The zero-order chi connectivity index (χ0) is 17.4. The predicted molar refractivity (Wildman–Crippen MR) is 90.8 cm³/mol. The minimum Gasteiger partial charge on any atom is -0.492 e. The number of hydrogen-bond donors (Lipinski definition) is 3. The summed E-state index contributed by atoms with van der Waals surface area (Å²) in [6.45, 7) is 3.49. The van der Waals surface area contributed by atoms with Crippen molar-refractivity contribution in [3.8, 4) is 5.75 Å². The first-order valence-electron chi connectivity index (χ1n) is 8.18. The molecule has 0 radical (unpaired) electrons. The number of carbonyl (C=O) groups excluding carboxylic acids is 2. The number of nitrogens with one attached hydrogen (secondary N) is 2. The maximum Gasteiger partial charge on any atom is 0.237 e. The van der Waals surface area contributed by atoms with E-state index in [0.717, 1.165) is 12.8 Å². The number of hydrogen-bond acceptors (Lipinski definition) is 5. The van der Waals surface area contributed by atoms with Gasteiger partial charge >= 0.3 is 0 Å². The Kier molecular flexibility index (Phi) is 7.02. The number of benzene rings is 1. The molecule has 24 heavy (non-hydrogen) atoms. The normalized spacial score (nSPS) is 16.2. The van der Waals surface area contributed by atoms with Crippen molar-refractivity contribution in [2.24, 2.45) is 11.7 Å². The molecule has 0 saturated carbocycles. The topological polar surface area (TPSA) is 103 Å². The average molecular weight is 335 g/mol. The van der Waals surface area contributed by atoms with Crippen LogP contribution in [-0.4, -0.2) is 44.2 Å². The third kappa shape index (κ3) is 5.82. The van der Waals surface area contributed by atoms with E-state index in [2.05, 4.69) is 10.6 Å². The van der Waals surface area contributed by atoms with Crippen LogP contribution >= 0.6 is 0 Å². The highest BCUT2D eigenvalue weighted by molar-refractivity contribution is 5.88. The molecule has 2 amide bonds. The second-order valence-corrected chi connectivity index (χ2v) is 5.82. The van der Waals surface area contributed by atoms with E-state index in [1.165, 1.54) is 6.92 Å². The largest absolute Gasteiger partial charge is 0.492 e. The second-order valence-electron chi connectivity index (χ2n) is 5.82. The Labute approximate surface area is 141 Å². The number of carbonyl (C=O) groups is 2. The summed E-state index contributed by atoms with van der Waals surface area (Å²) in [6, 6.07) is 6.60. The summed E-state index contributed by atoms with van der Waals surface area (Å²) in [5.74, 6) is 0.511. The average Bonchev–Trinajstić information content (AvgIpc) is 2.58. The van der Waals surface area contributed by atoms with Gasteiger partial charge in [0.15, 0.2) is 0 Å². The highest BCUT2D eigenvalue weighted by atomic mass is 16.5. The van der Waals surface area contributed by atoms with E-state index in [0.29, 0.717) is 37.8 Å². The van der Waals surface area contributed by atoms with Crippen LogP contribution in [0.1, 0.15) is 19.8 Å². The summed E-state index contributed by atoms with van der Waals surface area (Å²) >= 11 is 0. The van der Waals surface area contributed by atoms with E-state index in [1.807, 2.05) is 0 Å². The van der Waals surface area contributed by atoms with Gasteiger partial charge < -0.3 is 25.8 Å². The summed E-state index contributed by atoms with van der Waals surface area (Å²) in [5.41, 5.74) is 6.67. The smallest absolute Gasteiger partial charge is 0.237 e.